The first kappa shape index (κ1) is 15.2. The molecule has 0 radical (unpaired) electrons. The number of ketones is 1. The summed E-state index contributed by atoms with van der Waals surface area (Å²) in [5, 5.41) is 0. The van der Waals surface area contributed by atoms with E-state index >= 15 is 0 Å². The van der Waals surface area contributed by atoms with E-state index in [4.69, 9.17) is 4.74 Å². The Morgan fingerprint density at radius 3 is 3.00 bits per heavy atom. The van der Waals surface area contributed by atoms with Crippen molar-refractivity contribution in [1.29, 1.82) is 0 Å². The molecule has 2 saturated heterocycles. The number of amides is 1. The van der Waals surface area contributed by atoms with Gasteiger partial charge in [0.15, 0.2) is 5.78 Å². The Balaban J connectivity index is 1.54. The topological polar surface area (TPSA) is 64.4 Å². The Bertz CT molecular complexity index is 561. The van der Waals surface area contributed by atoms with Gasteiger partial charge in [-0.15, -0.1) is 0 Å². The zero-order chi connectivity index (χ0) is 15.6. The SMILES string of the molecule is CCc1nccn1CCC(=O)N1CC[C@@]2(CCCO2)C(=O)C1. The molecule has 120 valence electrons. The van der Waals surface area contributed by atoms with Crippen LogP contribution < -0.4 is 0 Å². The van der Waals surface area contributed by atoms with Gasteiger partial charge in [-0.2, -0.15) is 0 Å². The van der Waals surface area contributed by atoms with Crippen molar-refractivity contribution in [1.82, 2.24) is 14.5 Å². The number of rotatable bonds is 4. The number of imidazole rings is 1. The molecule has 0 unspecified atom stereocenters. The van der Waals surface area contributed by atoms with Gasteiger partial charge in [-0.05, 0) is 12.8 Å². The first-order valence-electron chi connectivity index (χ1n) is 8.10. The van der Waals surface area contributed by atoms with E-state index in [0.717, 1.165) is 25.1 Å². The highest BCUT2D eigenvalue weighted by Crippen LogP contribution is 2.33. The van der Waals surface area contributed by atoms with Crippen molar-refractivity contribution in [2.45, 2.75) is 51.2 Å². The molecule has 0 N–H and O–H groups in total. The molecule has 22 heavy (non-hydrogen) atoms. The highest BCUT2D eigenvalue weighted by atomic mass is 16.5. The standard InChI is InChI=1S/C16H23N3O3/c1-2-14-17-7-10-18(14)8-4-15(21)19-9-6-16(13(20)12-19)5-3-11-22-16/h7,10H,2-6,8-9,11-12H2,1H3/t16-/m0/s1. The van der Waals surface area contributed by atoms with Gasteiger partial charge in [-0.3, -0.25) is 9.59 Å². The van der Waals surface area contributed by atoms with Crippen LogP contribution in [0, 0.1) is 0 Å². The Hall–Kier alpha value is -1.69. The van der Waals surface area contributed by atoms with Crippen LogP contribution in [-0.2, 0) is 27.3 Å². The number of nitrogens with zero attached hydrogens (tertiary/aromatic N) is 3. The van der Waals surface area contributed by atoms with Gasteiger partial charge >= 0.3 is 0 Å². The summed E-state index contributed by atoms with van der Waals surface area (Å²) >= 11 is 0. The molecule has 1 amide bonds. The number of carbonyl (C=O) groups excluding carboxylic acids is 2. The molecule has 3 heterocycles. The fraction of sp³-hybridized carbons (Fsp3) is 0.688. The quantitative estimate of drug-likeness (QED) is 0.838. The summed E-state index contributed by atoms with van der Waals surface area (Å²) in [5.74, 6) is 1.10. The fourth-order valence-electron chi connectivity index (χ4n) is 3.41. The van der Waals surface area contributed by atoms with Crippen molar-refractivity contribution < 1.29 is 14.3 Å². The highest BCUT2D eigenvalue weighted by molar-refractivity contribution is 5.93. The summed E-state index contributed by atoms with van der Waals surface area (Å²) in [7, 11) is 0. The predicted molar refractivity (Wildman–Crippen MR) is 80.3 cm³/mol. The summed E-state index contributed by atoms with van der Waals surface area (Å²) in [6.07, 6.45) is 7.31. The lowest BCUT2D eigenvalue weighted by Gasteiger charge is -2.37. The van der Waals surface area contributed by atoms with Gasteiger partial charge < -0.3 is 14.2 Å². The Kier molecular flexibility index (Phi) is 4.29. The molecule has 2 aliphatic heterocycles. The first-order chi connectivity index (χ1) is 10.6. The minimum atomic E-state index is -0.587. The van der Waals surface area contributed by atoms with E-state index in [-0.39, 0.29) is 18.2 Å². The van der Waals surface area contributed by atoms with Gasteiger partial charge in [0.25, 0.3) is 0 Å². The van der Waals surface area contributed by atoms with E-state index < -0.39 is 5.60 Å². The number of aromatic nitrogens is 2. The molecule has 3 rings (SSSR count). The van der Waals surface area contributed by atoms with Crippen molar-refractivity contribution in [2.24, 2.45) is 0 Å². The lowest BCUT2D eigenvalue weighted by molar-refractivity contribution is -0.152. The van der Waals surface area contributed by atoms with Gasteiger partial charge in [-0.25, -0.2) is 4.98 Å². The first-order valence-corrected chi connectivity index (χ1v) is 8.10. The van der Waals surface area contributed by atoms with Crippen molar-refractivity contribution in [3.05, 3.63) is 18.2 Å². The molecule has 1 spiro atoms. The Morgan fingerprint density at radius 2 is 2.32 bits per heavy atom. The zero-order valence-electron chi connectivity index (χ0n) is 13.1. The molecular formula is C16H23N3O3. The van der Waals surface area contributed by atoms with Crippen LogP contribution in [0.4, 0.5) is 0 Å². The average Bonchev–Trinajstić information content (AvgIpc) is 3.17. The van der Waals surface area contributed by atoms with Crippen molar-refractivity contribution >= 4 is 11.7 Å². The van der Waals surface area contributed by atoms with E-state index in [1.54, 1.807) is 11.1 Å². The number of carbonyl (C=O) groups is 2. The maximum absolute atomic E-state index is 12.3. The Labute approximate surface area is 130 Å². The molecule has 6 nitrogen and oxygen atoms in total. The molecule has 0 aromatic carbocycles. The maximum Gasteiger partial charge on any atom is 0.224 e. The summed E-state index contributed by atoms with van der Waals surface area (Å²) in [4.78, 5) is 30.6. The summed E-state index contributed by atoms with van der Waals surface area (Å²) in [6.45, 7) is 4.15. The van der Waals surface area contributed by atoms with Crippen LogP contribution in [0.3, 0.4) is 0 Å². The number of likely N-dealkylation sites (tertiary alicyclic amines) is 1. The van der Waals surface area contributed by atoms with Gasteiger partial charge in [0.05, 0.1) is 6.54 Å². The lowest BCUT2D eigenvalue weighted by Crippen LogP contribution is -2.53. The molecule has 0 bridgehead atoms. The van der Waals surface area contributed by atoms with Gasteiger partial charge in [0.2, 0.25) is 5.91 Å². The second kappa shape index (κ2) is 6.20. The monoisotopic (exact) mass is 305 g/mol. The number of piperidine rings is 1. The molecule has 2 fully saturated rings. The second-order valence-electron chi connectivity index (χ2n) is 6.08. The minimum absolute atomic E-state index is 0.0388. The summed E-state index contributed by atoms with van der Waals surface area (Å²) in [5.41, 5.74) is -0.587. The van der Waals surface area contributed by atoms with Crippen LogP contribution in [0.25, 0.3) is 0 Å². The molecule has 1 aromatic heterocycles. The lowest BCUT2D eigenvalue weighted by atomic mass is 9.87. The van der Waals surface area contributed by atoms with E-state index in [1.807, 2.05) is 17.7 Å². The van der Waals surface area contributed by atoms with E-state index in [0.29, 0.717) is 32.5 Å². The number of hydrogen-bond acceptors (Lipinski definition) is 4. The number of ether oxygens (including phenoxy) is 1. The molecule has 2 aliphatic rings. The third-order valence-corrected chi connectivity index (χ3v) is 4.77. The molecule has 0 saturated carbocycles. The van der Waals surface area contributed by atoms with Gasteiger partial charge in [0, 0.05) is 51.4 Å². The van der Waals surface area contributed by atoms with Gasteiger partial charge in [0.1, 0.15) is 11.4 Å². The third-order valence-electron chi connectivity index (χ3n) is 4.77. The van der Waals surface area contributed by atoms with Crippen molar-refractivity contribution in [3.63, 3.8) is 0 Å². The smallest absolute Gasteiger partial charge is 0.224 e. The van der Waals surface area contributed by atoms with E-state index in [9.17, 15) is 9.59 Å². The maximum atomic E-state index is 12.3. The molecule has 6 heteroatoms. The number of Topliss-reactive ketones (excluding diaryl/α,β-unsaturated/α-hetero) is 1. The van der Waals surface area contributed by atoms with Crippen LogP contribution in [0.1, 0.15) is 38.4 Å². The fourth-order valence-corrected chi connectivity index (χ4v) is 3.41. The largest absolute Gasteiger partial charge is 0.367 e. The van der Waals surface area contributed by atoms with Crippen LogP contribution in [0.2, 0.25) is 0 Å². The number of aryl methyl sites for hydroxylation is 2. The highest BCUT2D eigenvalue weighted by Gasteiger charge is 2.46. The average molecular weight is 305 g/mol. The van der Waals surface area contributed by atoms with Crippen LogP contribution >= 0.6 is 0 Å². The molecule has 1 atom stereocenters. The van der Waals surface area contributed by atoms with Gasteiger partial charge in [-0.1, -0.05) is 6.92 Å². The Morgan fingerprint density at radius 1 is 1.45 bits per heavy atom. The van der Waals surface area contributed by atoms with E-state index in [1.165, 1.54) is 0 Å². The normalized spacial score (nSPS) is 25.1. The van der Waals surface area contributed by atoms with Crippen LogP contribution in [0.15, 0.2) is 12.4 Å². The molecule has 0 aliphatic carbocycles. The second-order valence-corrected chi connectivity index (χ2v) is 6.08. The van der Waals surface area contributed by atoms with Crippen molar-refractivity contribution in [3.8, 4) is 0 Å². The number of hydrogen-bond donors (Lipinski definition) is 0. The molecular weight excluding hydrogens is 282 g/mol. The molecule has 1 aromatic rings. The summed E-state index contributed by atoms with van der Waals surface area (Å²) in [6, 6.07) is 0. The van der Waals surface area contributed by atoms with Crippen LogP contribution in [-0.4, -0.2) is 51.4 Å². The van der Waals surface area contributed by atoms with Crippen LogP contribution in [0.5, 0.6) is 0 Å². The van der Waals surface area contributed by atoms with E-state index in [2.05, 4.69) is 4.98 Å². The third kappa shape index (κ3) is 2.79. The summed E-state index contributed by atoms with van der Waals surface area (Å²) < 4.78 is 7.68. The minimum Gasteiger partial charge on any atom is -0.367 e. The zero-order valence-corrected chi connectivity index (χ0v) is 13.1. The van der Waals surface area contributed by atoms with Crippen molar-refractivity contribution in [2.75, 3.05) is 19.7 Å². The predicted octanol–water partition coefficient (Wildman–Crippen LogP) is 1.19.